The zero-order valence-electron chi connectivity index (χ0n) is 12.9. The molecule has 0 spiro atoms. The minimum atomic E-state index is -1.26. The molecule has 0 aromatic carbocycles. The molecule has 0 bridgehead atoms. The number of hydrogen-bond donors (Lipinski definition) is 3. The Labute approximate surface area is 125 Å². The Morgan fingerprint density at radius 1 is 1.10 bits per heavy atom. The number of ether oxygens (including phenoxy) is 3. The van der Waals surface area contributed by atoms with Crippen LogP contribution in [-0.4, -0.2) is 69.3 Å². The summed E-state index contributed by atoms with van der Waals surface area (Å²) in [6.07, 6.45) is 0.297. The van der Waals surface area contributed by atoms with Gasteiger partial charge in [-0.05, 0) is 13.3 Å². The molecule has 0 aromatic heterocycles. The molecule has 8 nitrogen and oxygen atoms in total. The Hall–Kier alpha value is -1.38. The number of rotatable bonds is 12. The third kappa shape index (κ3) is 9.22. The van der Waals surface area contributed by atoms with Gasteiger partial charge in [0.05, 0.1) is 33.0 Å². The van der Waals surface area contributed by atoms with Crippen molar-refractivity contribution < 1.29 is 28.9 Å². The predicted molar refractivity (Wildman–Crippen MR) is 76.4 cm³/mol. The summed E-state index contributed by atoms with van der Waals surface area (Å²) in [5.74, 6) is -1.07. The fraction of sp³-hybridized carbons (Fsp3) is 0.846. The van der Waals surface area contributed by atoms with Gasteiger partial charge in [-0.15, -0.1) is 0 Å². The fourth-order valence-electron chi connectivity index (χ4n) is 1.29. The van der Waals surface area contributed by atoms with Crippen molar-refractivity contribution in [3.8, 4) is 0 Å². The predicted octanol–water partition coefficient (Wildman–Crippen LogP) is 0.219. The van der Waals surface area contributed by atoms with Crippen molar-refractivity contribution in [2.75, 3.05) is 46.7 Å². The van der Waals surface area contributed by atoms with Crippen molar-refractivity contribution in [2.45, 2.75) is 25.8 Å². The molecule has 0 rings (SSSR count). The van der Waals surface area contributed by atoms with Crippen LogP contribution >= 0.6 is 0 Å². The van der Waals surface area contributed by atoms with E-state index in [1.807, 2.05) is 0 Å². The highest BCUT2D eigenvalue weighted by Crippen LogP contribution is 2.08. The standard InChI is InChI=1S/C13H26N2O6/c1-4-13(2,11(16)17)15-12(18)14-5-6-20-9-10-21-8-7-19-3/h4-10H2,1-3H3,(H,16,17)(H2,14,15,18). The Morgan fingerprint density at radius 2 is 1.67 bits per heavy atom. The Kier molecular flexibility index (Phi) is 10.6. The summed E-state index contributed by atoms with van der Waals surface area (Å²) in [4.78, 5) is 22.6. The van der Waals surface area contributed by atoms with Gasteiger partial charge in [0.15, 0.2) is 0 Å². The molecular formula is C13H26N2O6. The first-order valence-electron chi connectivity index (χ1n) is 6.90. The lowest BCUT2D eigenvalue weighted by molar-refractivity contribution is -0.143. The first-order valence-corrected chi connectivity index (χ1v) is 6.90. The molecule has 0 radical (unpaired) electrons. The highest BCUT2D eigenvalue weighted by molar-refractivity contribution is 5.85. The third-order valence-electron chi connectivity index (χ3n) is 2.90. The molecule has 0 fully saturated rings. The topological polar surface area (TPSA) is 106 Å². The molecule has 1 atom stereocenters. The quantitative estimate of drug-likeness (QED) is 0.445. The van der Waals surface area contributed by atoms with Crippen molar-refractivity contribution in [1.29, 1.82) is 0 Å². The Morgan fingerprint density at radius 3 is 2.19 bits per heavy atom. The number of amides is 2. The minimum absolute atomic E-state index is 0.295. The number of carboxylic acids is 1. The number of aliphatic carboxylic acids is 1. The van der Waals surface area contributed by atoms with Crippen molar-refractivity contribution in [1.82, 2.24) is 10.6 Å². The zero-order chi connectivity index (χ0) is 16.1. The number of carboxylic acid groups (broad SMARTS) is 1. The largest absolute Gasteiger partial charge is 0.480 e. The van der Waals surface area contributed by atoms with E-state index in [0.29, 0.717) is 46.0 Å². The van der Waals surface area contributed by atoms with Gasteiger partial charge in [0.2, 0.25) is 0 Å². The number of carbonyl (C=O) groups is 2. The third-order valence-corrected chi connectivity index (χ3v) is 2.90. The normalized spacial score (nSPS) is 13.5. The van der Waals surface area contributed by atoms with Gasteiger partial charge in [0.1, 0.15) is 5.54 Å². The second-order valence-corrected chi connectivity index (χ2v) is 4.59. The molecule has 21 heavy (non-hydrogen) atoms. The SMILES string of the molecule is CCC(C)(NC(=O)NCCOCCOCCOC)C(=O)O. The molecule has 0 aromatic rings. The average molecular weight is 306 g/mol. The van der Waals surface area contributed by atoms with Gasteiger partial charge in [-0.2, -0.15) is 0 Å². The highest BCUT2D eigenvalue weighted by atomic mass is 16.5. The molecule has 3 N–H and O–H groups in total. The van der Waals surface area contributed by atoms with Crippen molar-refractivity contribution in [3.05, 3.63) is 0 Å². The smallest absolute Gasteiger partial charge is 0.329 e. The number of hydrogen-bond acceptors (Lipinski definition) is 5. The molecule has 0 aliphatic heterocycles. The Bertz CT molecular complexity index is 313. The van der Waals surface area contributed by atoms with Crippen LogP contribution in [0, 0.1) is 0 Å². The average Bonchev–Trinajstić information content (AvgIpc) is 2.45. The van der Waals surface area contributed by atoms with E-state index in [-0.39, 0.29) is 0 Å². The van der Waals surface area contributed by atoms with E-state index in [4.69, 9.17) is 19.3 Å². The van der Waals surface area contributed by atoms with Crippen molar-refractivity contribution in [3.63, 3.8) is 0 Å². The van der Waals surface area contributed by atoms with E-state index in [0.717, 1.165) is 0 Å². The first-order chi connectivity index (χ1) is 9.96. The van der Waals surface area contributed by atoms with Crippen LogP contribution in [0.15, 0.2) is 0 Å². The van der Waals surface area contributed by atoms with Gasteiger partial charge >= 0.3 is 12.0 Å². The van der Waals surface area contributed by atoms with Crippen LogP contribution in [0.4, 0.5) is 4.79 Å². The van der Waals surface area contributed by atoms with E-state index < -0.39 is 17.5 Å². The summed E-state index contributed by atoms with van der Waals surface area (Å²) in [6.45, 7) is 5.73. The van der Waals surface area contributed by atoms with Crippen LogP contribution < -0.4 is 10.6 Å². The molecule has 8 heteroatoms. The molecule has 0 heterocycles. The maximum Gasteiger partial charge on any atom is 0.329 e. The van der Waals surface area contributed by atoms with E-state index in [2.05, 4.69) is 10.6 Å². The maximum absolute atomic E-state index is 11.5. The maximum atomic E-state index is 11.5. The van der Waals surface area contributed by atoms with Gasteiger partial charge in [-0.25, -0.2) is 9.59 Å². The number of nitrogens with one attached hydrogen (secondary N) is 2. The van der Waals surface area contributed by atoms with E-state index in [1.165, 1.54) is 6.92 Å². The lowest BCUT2D eigenvalue weighted by atomic mass is 10.00. The van der Waals surface area contributed by atoms with Gasteiger partial charge in [0.25, 0.3) is 0 Å². The molecular weight excluding hydrogens is 280 g/mol. The molecule has 124 valence electrons. The second-order valence-electron chi connectivity index (χ2n) is 4.59. The monoisotopic (exact) mass is 306 g/mol. The fourth-order valence-corrected chi connectivity index (χ4v) is 1.29. The molecule has 0 saturated heterocycles. The van der Waals surface area contributed by atoms with Gasteiger partial charge in [-0.1, -0.05) is 6.92 Å². The van der Waals surface area contributed by atoms with E-state index in [1.54, 1.807) is 14.0 Å². The summed E-state index contributed by atoms with van der Waals surface area (Å²) in [6, 6.07) is -0.526. The molecule has 0 aliphatic carbocycles. The molecule has 2 amide bonds. The molecule has 0 saturated carbocycles. The van der Waals surface area contributed by atoms with Crippen LogP contribution in [0.25, 0.3) is 0 Å². The summed E-state index contributed by atoms with van der Waals surface area (Å²) in [5, 5.41) is 14.0. The van der Waals surface area contributed by atoms with Crippen LogP contribution in [0.5, 0.6) is 0 Å². The van der Waals surface area contributed by atoms with Crippen LogP contribution in [0.2, 0.25) is 0 Å². The second kappa shape index (κ2) is 11.3. The summed E-state index contributed by atoms with van der Waals surface area (Å²) in [7, 11) is 1.60. The Balaban J connectivity index is 3.60. The van der Waals surface area contributed by atoms with Gasteiger partial charge in [-0.3, -0.25) is 0 Å². The lowest BCUT2D eigenvalue weighted by Gasteiger charge is -2.24. The van der Waals surface area contributed by atoms with Crippen molar-refractivity contribution >= 4 is 12.0 Å². The van der Waals surface area contributed by atoms with Crippen LogP contribution in [0.1, 0.15) is 20.3 Å². The molecule has 1 unspecified atom stereocenters. The summed E-state index contributed by atoms with van der Waals surface area (Å²) < 4.78 is 15.3. The number of carbonyl (C=O) groups excluding carboxylic acids is 1. The van der Waals surface area contributed by atoms with Gasteiger partial charge < -0.3 is 30.0 Å². The molecule has 0 aliphatic rings. The van der Waals surface area contributed by atoms with Crippen LogP contribution in [0.3, 0.4) is 0 Å². The zero-order valence-corrected chi connectivity index (χ0v) is 12.9. The van der Waals surface area contributed by atoms with Crippen LogP contribution in [-0.2, 0) is 19.0 Å². The number of urea groups is 1. The summed E-state index contributed by atoms with van der Waals surface area (Å²) >= 11 is 0. The van der Waals surface area contributed by atoms with E-state index >= 15 is 0 Å². The van der Waals surface area contributed by atoms with Gasteiger partial charge in [0, 0.05) is 13.7 Å². The van der Waals surface area contributed by atoms with Crippen molar-refractivity contribution in [2.24, 2.45) is 0 Å². The van der Waals surface area contributed by atoms with E-state index in [9.17, 15) is 9.59 Å². The first kappa shape index (κ1) is 19.6. The minimum Gasteiger partial charge on any atom is -0.480 e. The highest BCUT2D eigenvalue weighted by Gasteiger charge is 2.32. The summed E-state index contributed by atoms with van der Waals surface area (Å²) in [5.41, 5.74) is -1.26. The number of methoxy groups -OCH3 is 1. The lowest BCUT2D eigenvalue weighted by Crippen LogP contribution is -2.55.